The number of nitrogens with one attached hydrogen (secondary N) is 2. The van der Waals surface area contributed by atoms with Crippen LogP contribution in [0.3, 0.4) is 0 Å². The molecule has 0 unspecified atom stereocenters. The highest BCUT2D eigenvalue weighted by atomic mass is 19.1. The fourth-order valence-corrected chi connectivity index (χ4v) is 4.45. The fraction of sp³-hybridized carbons (Fsp3) is 0.138. The highest BCUT2D eigenvalue weighted by molar-refractivity contribution is 5.95. The van der Waals surface area contributed by atoms with Crippen LogP contribution < -0.4 is 0 Å². The summed E-state index contributed by atoms with van der Waals surface area (Å²) in [6, 6.07) is 11.5. The predicted molar refractivity (Wildman–Crippen MR) is 143 cm³/mol. The molecule has 0 amide bonds. The van der Waals surface area contributed by atoms with E-state index < -0.39 is 0 Å². The molecule has 0 spiro atoms. The molecule has 6 nitrogen and oxygen atoms in total. The maximum absolute atomic E-state index is 15.1. The summed E-state index contributed by atoms with van der Waals surface area (Å²) in [6.07, 6.45) is 6.88. The van der Waals surface area contributed by atoms with Crippen molar-refractivity contribution in [2.24, 2.45) is 0 Å². The van der Waals surface area contributed by atoms with E-state index in [4.69, 9.17) is 4.98 Å². The Hall–Kier alpha value is -4.43. The summed E-state index contributed by atoms with van der Waals surface area (Å²) < 4.78 is 29.1. The van der Waals surface area contributed by atoms with Crippen LogP contribution in [0.15, 0.2) is 73.6 Å². The molecule has 2 N–H and O–H groups in total. The monoisotopic (exact) mass is 496 g/mol. The Kier molecular flexibility index (Phi) is 6.50. The predicted octanol–water partition coefficient (Wildman–Crippen LogP) is 6.28. The number of rotatable bonds is 7. The number of aryl methyl sites for hydroxylation is 1. The molecule has 0 bridgehead atoms. The lowest BCUT2D eigenvalue weighted by Crippen LogP contribution is -2.10. The maximum Gasteiger partial charge on any atom is 0.159 e. The summed E-state index contributed by atoms with van der Waals surface area (Å²) in [5, 5.41) is 8.07. The molecule has 0 aliphatic rings. The third kappa shape index (κ3) is 4.83. The number of aromatic nitrogens is 5. The number of hydrogen-bond donors (Lipinski definition) is 2. The van der Waals surface area contributed by atoms with Gasteiger partial charge in [0.05, 0.1) is 11.2 Å². The summed E-state index contributed by atoms with van der Waals surface area (Å²) >= 11 is 0. The van der Waals surface area contributed by atoms with E-state index in [2.05, 4.69) is 26.7 Å². The highest BCUT2D eigenvalue weighted by Gasteiger charge is 2.19. The fourth-order valence-electron chi connectivity index (χ4n) is 4.45. The lowest BCUT2D eigenvalue weighted by molar-refractivity contribution is 0.402. The van der Waals surface area contributed by atoms with E-state index in [0.29, 0.717) is 46.0 Å². The van der Waals surface area contributed by atoms with Crippen LogP contribution in [0.1, 0.15) is 22.5 Å². The average molecular weight is 497 g/mol. The standard InChI is InChI=1S/C29H26F2N6/c1-5-7-22(19-8-6-9-21(30)11-19)27-17(2)33-29(34-27)28-24-12-23(25(31)13-26(24)35-36-28)20-10-18(14-32-15-20)16-37(3)4/h5-15H,1,16H2,2-4H3,(H,33,34)(H,35,36)/b22-7-. The van der Waals surface area contributed by atoms with Crippen molar-refractivity contribution in [1.82, 2.24) is 30.0 Å². The van der Waals surface area contributed by atoms with Crippen molar-refractivity contribution >= 4 is 16.5 Å². The number of pyridine rings is 1. The van der Waals surface area contributed by atoms with Crippen molar-refractivity contribution in [3.8, 4) is 22.6 Å². The van der Waals surface area contributed by atoms with Crippen LogP contribution in [0.5, 0.6) is 0 Å². The zero-order chi connectivity index (χ0) is 26.1. The normalized spacial score (nSPS) is 12.0. The van der Waals surface area contributed by atoms with Crippen LogP contribution >= 0.6 is 0 Å². The molecule has 37 heavy (non-hydrogen) atoms. The van der Waals surface area contributed by atoms with Gasteiger partial charge < -0.3 is 9.88 Å². The topological polar surface area (TPSA) is 73.5 Å². The quantitative estimate of drug-likeness (QED) is 0.260. The highest BCUT2D eigenvalue weighted by Crippen LogP contribution is 2.34. The van der Waals surface area contributed by atoms with Gasteiger partial charge in [-0.25, -0.2) is 13.8 Å². The lowest BCUT2D eigenvalue weighted by atomic mass is 10.0. The Labute approximate surface area is 213 Å². The second-order valence-corrected chi connectivity index (χ2v) is 9.15. The van der Waals surface area contributed by atoms with Gasteiger partial charge in [0, 0.05) is 52.8 Å². The molecule has 0 saturated carbocycles. The van der Waals surface area contributed by atoms with Crippen molar-refractivity contribution in [2.45, 2.75) is 13.5 Å². The van der Waals surface area contributed by atoms with Gasteiger partial charge in [-0.3, -0.25) is 10.1 Å². The molecule has 3 heterocycles. The minimum Gasteiger partial charge on any atom is -0.340 e. The van der Waals surface area contributed by atoms with Crippen molar-refractivity contribution < 1.29 is 8.78 Å². The number of H-pyrrole nitrogens is 2. The molecule has 0 radical (unpaired) electrons. The Morgan fingerprint density at radius 1 is 1.11 bits per heavy atom. The van der Waals surface area contributed by atoms with Crippen LogP contribution in [0.2, 0.25) is 0 Å². The van der Waals surface area contributed by atoms with Gasteiger partial charge in [0.15, 0.2) is 5.82 Å². The molecule has 3 aromatic heterocycles. The molecule has 0 aliphatic heterocycles. The SMILES string of the molecule is C=C/C=C(/c1cccc(F)c1)c1nc(-c2n[nH]c3cc(F)c(-c4cncc(CN(C)C)c4)cc23)[nH]c1C. The van der Waals surface area contributed by atoms with E-state index in [1.54, 1.807) is 36.7 Å². The number of benzene rings is 2. The first-order valence-electron chi connectivity index (χ1n) is 11.8. The largest absolute Gasteiger partial charge is 0.340 e. The van der Waals surface area contributed by atoms with Gasteiger partial charge in [-0.05, 0) is 56.4 Å². The number of halogens is 2. The molecule has 5 aromatic rings. The number of aromatic amines is 2. The van der Waals surface area contributed by atoms with E-state index in [9.17, 15) is 4.39 Å². The van der Waals surface area contributed by atoms with Gasteiger partial charge in [0.25, 0.3) is 0 Å². The molecular formula is C29H26F2N6. The Morgan fingerprint density at radius 2 is 1.95 bits per heavy atom. The minimum atomic E-state index is -0.370. The van der Waals surface area contributed by atoms with Gasteiger partial charge >= 0.3 is 0 Å². The van der Waals surface area contributed by atoms with Crippen molar-refractivity contribution in [2.75, 3.05) is 14.1 Å². The average Bonchev–Trinajstić information content (AvgIpc) is 3.44. The summed E-state index contributed by atoms with van der Waals surface area (Å²) in [5.41, 5.74) is 6.05. The molecule has 8 heteroatoms. The lowest BCUT2D eigenvalue weighted by Gasteiger charge is -2.11. The Morgan fingerprint density at radius 3 is 2.70 bits per heavy atom. The van der Waals surface area contributed by atoms with Gasteiger partial charge in [-0.1, -0.05) is 30.9 Å². The smallest absolute Gasteiger partial charge is 0.159 e. The van der Waals surface area contributed by atoms with Gasteiger partial charge in [0.2, 0.25) is 0 Å². The van der Waals surface area contributed by atoms with Gasteiger partial charge in [-0.2, -0.15) is 5.10 Å². The zero-order valence-corrected chi connectivity index (χ0v) is 20.8. The second kappa shape index (κ2) is 9.91. The number of allylic oxidation sites excluding steroid dienone is 2. The second-order valence-electron chi connectivity index (χ2n) is 9.15. The molecule has 0 atom stereocenters. The number of imidazole rings is 1. The summed E-state index contributed by atoms with van der Waals surface area (Å²) in [7, 11) is 3.95. The van der Waals surface area contributed by atoms with E-state index in [0.717, 1.165) is 22.2 Å². The van der Waals surface area contributed by atoms with E-state index in [1.807, 2.05) is 38.1 Å². The molecule has 0 saturated heterocycles. The van der Waals surface area contributed by atoms with Crippen molar-refractivity contribution in [3.05, 3.63) is 108 Å². The Balaban J connectivity index is 1.60. The summed E-state index contributed by atoms with van der Waals surface area (Å²) in [5.74, 6) is -0.190. The Bertz CT molecular complexity index is 1640. The summed E-state index contributed by atoms with van der Waals surface area (Å²) in [4.78, 5) is 14.4. The van der Waals surface area contributed by atoms with E-state index in [-0.39, 0.29) is 11.6 Å². The molecule has 2 aromatic carbocycles. The molecular weight excluding hydrogens is 470 g/mol. The molecule has 5 rings (SSSR count). The number of nitrogens with zero attached hydrogens (tertiary/aromatic N) is 4. The zero-order valence-electron chi connectivity index (χ0n) is 20.8. The first kappa shape index (κ1) is 24.3. The third-order valence-electron chi connectivity index (χ3n) is 6.04. The number of fused-ring (bicyclic) bond motifs is 1. The van der Waals surface area contributed by atoms with Crippen LogP contribution in [0.4, 0.5) is 8.78 Å². The van der Waals surface area contributed by atoms with E-state index >= 15 is 4.39 Å². The van der Waals surface area contributed by atoms with Gasteiger partial charge in [0.1, 0.15) is 17.3 Å². The van der Waals surface area contributed by atoms with Crippen molar-refractivity contribution in [3.63, 3.8) is 0 Å². The first-order chi connectivity index (χ1) is 17.8. The first-order valence-corrected chi connectivity index (χ1v) is 11.8. The van der Waals surface area contributed by atoms with Crippen LogP contribution in [-0.2, 0) is 6.54 Å². The maximum atomic E-state index is 15.1. The van der Waals surface area contributed by atoms with Crippen LogP contribution in [0, 0.1) is 18.6 Å². The molecule has 0 fully saturated rings. The minimum absolute atomic E-state index is 0.335. The van der Waals surface area contributed by atoms with Gasteiger partial charge in [-0.15, -0.1) is 0 Å². The van der Waals surface area contributed by atoms with Crippen LogP contribution in [0.25, 0.3) is 39.1 Å². The summed E-state index contributed by atoms with van der Waals surface area (Å²) in [6.45, 7) is 6.39. The third-order valence-corrected chi connectivity index (χ3v) is 6.04. The van der Waals surface area contributed by atoms with Crippen molar-refractivity contribution in [1.29, 1.82) is 0 Å². The molecule has 0 aliphatic carbocycles. The molecule has 186 valence electrons. The van der Waals surface area contributed by atoms with Crippen LogP contribution in [-0.4, -0.2) is 44.1 Å². The number of hydrogen-bond acceptors (Lipinski definition) is 4. The van der Waals surface area contributed by atoms with E-state index in [1.165, 1.54) is 18.2 Å².